The number of benzene rings is 3. The molecule has 0 atom stereocenters. The summed E-state index contributed by atoms with van der Waals surface area (Å²) in [5.41, 5.74) is 2.29. The van der Waals surface area contributed by atoms with E-state index in [-0.39, 0.29) is 0 Å². The molecule has 3 aromatic rings. The van der Waals surface area contributed by atoms with Crippen LogP contribution < -0.4 is 9.47 Å². The van der Waals surface area contributed by atoms with Crippen LogP contribution in [0, 0.1) is 13.8 Å². The third-order valence-corrected chi connectivity index (χ3v) is 3.70. The van der Waals surface area contributed by atoms with E-state index in [2.05, 4.69) is 50.2 Å². The van der Waals surface area contributed by atoms with Crippen LogP contribution in [0.15, 0.2) is 54.6 Å². The maximum absolute atomic E-state index is 6.26. The summed E-state index contributed by atoms with van der Waals surface area (Å²) in [7, 11) is 0. The first-order valence-corrected chi connectivity index (χ1v) is 7.58. The number of hydrogen-bond acceptors (Lipinski definition) is 2. The minimum absolute atomic E-state index is 0.613. The van der Waals surface area contributed by atoms with Gasteiger partial charge in [0.15, 0.2) is 11.5 Å². The van der Waals surface area contributed by atoms with E-state index in [1.54, 1.807) is 0 Å². The van der Waals surface area contributed by atoms with Gasteiger partial charge in [0.2, 0.25) is 0 Å². The fourth-order valence-corrected chi connectivity index (χ4v) is 2.52. The van der Waals surface area contributed by atoms with Crippen molar-refractivity contribution in [2.45, 2.75) is 20.8 Å². The van der Waals surface area contributed by atoms with Crippen LogP contribution >= 0.6 is 0 Å². The second-order valence-electron chi connectivity index (χ2n) is 5.42. The molecule has 0 aromatic heterocycles. The Morgan fingerprint density at radius 3 is 2.50 bits per heavy atom. The van der Waals surface area contributed by atoms with Gasteiger partial charge in [-0.15, -0.1) is 0 Å². The Hall–Kier alpha value is -2.48. The van der Waals surface area contributed by atoms with Crippen LogP contribution in [0.1, 0.15) is 18.1 Å². The molecule has 22 heavy (non-hydrogen) atoms. The highest BCUT2D eigenvalue weighted by Gasteiger charge is 2.12. The van der Waals surface area contributed by atoms with Crippen LogP contribution in [0.3, 0.4) is 0 Å². The molecule has 0 amide bonds. The van der Waals surface area contributed by atoms with Gasteiger partial charge in [-0.25, -0.2) is 0 Å². The zero-order valence-corrected chi connectivity index (χ0v) is 13.2. The monoisotopic (exact) mass is 292 g/mol. The van der Waals surface area contributed by atoms with E-state index >= 15 is 0 Å². The van der Waals surface area contributed by atoms with Crippen LogP contribution in [0.25, 0.3) is 10.8 Å². The van der Waals surface area contributed by atoms with Gasteiger partial charge in [-0.2, -0.15) is 0 Å². The minimum Gasteiger partial charge on any atom is -0.490 e. The molecule has 0 aliphatic heterocycles. The number of hydrogen-bond donors (Lipinski definition) is 0. The Morgan fingerprint density at radius 2 is 1.68 bits per heavy atom. The Kier molecular flexibility index (Phi) is 4.01. The molecule has 2 heteroatoms. The lowest BCUT2D eigenvalue weighted by molar-refractivity contribution is 0.322. The lowest BCUT2D eigenvalue weighted by atomic mass is 10.1. The maximum Gasteiger partial charge on any atom is 0.177 e. The fraction of sp³-hybridized carbons (Fsp3) is 0.200. The van der Waals surface area contributed by atoms with Crippen molar-refractivity contribution in [1.82, 2.24) is 0 Å². The molecule has 0 N–H and O–H groups in total. The lowest BCUT2D eigenvalue weighted by Crippen LogP contribution is -1.97. The molecule has 0 bridgehead atoms. The van der Waals surface area contributed by atoms with Crippen molar-refractivity contribution < 1.29 is 9.47 Å². The summed E-state index contributed by atoms with van der Waals surface area (Å²) >= 11 is 0. The highest BCUT2D eigenvalue weighted by Crippen LogP contribution is 2.39. The van der Waals surface area contributed by atoms with Gasteiger partial charge >= 0.3 is 0 Å². The molecule has 0 fully saturated rings. The van der Waals surface area contributed by atoms with Gasteiger partial charge in [-0.3, -0.25) is 0 Å². The molecule has 2 nitrogen and oxygen atoms in total. The molecule has 3 rings (SSSR count). The van der Waals surface area contributed by atoms with Gasteiger partial charge in [-0.05, 0) is 49.4 Å². The van der Waals surface area contributed by atoms with Crippen molar-refractivity contribution in [3.8, 4) is 17.2 Å². The second kappa shape index (κ2) is 6.10. The quantitative estimate of drug-likeness (QED) is 0.619. The standard InChI is InChI=1S/C20H20O2/c1-4-21-18-12-11-16-7-5-6-8-17(16)20(18)22-19-13-14(2)9-10-15(19)3/h5-13H,4H2,1-3H3. The van der Waals surface area contributed by atoms with Crippen molar-refractivity contribution >= 4 is 10.8 Å². The molecular weight excluding hydrogens is 272 g/mol. The van der Waals surface area contributed by atoms with Crippen molar-refractivity contribution in [2.75, 3.05) is 6.61 Å². The summed E-state index contributed by atoms with van der Waals surface area (Å²) in [6, 6.07) is 18.5. The molecule has 0 saturated carbocycles. The van der Waals surface area contributed by atoms with Gasteiger partial charge in [0.25, 0.3) is 0 Å². The Balaban J connectivity index is 2.15. The first kappa shape index (κ1) is 14.5. The zero-order valence-electron chi connectivity index (χ0n) is 13.2. The highest BCUT2D eigenvalue weighted by molar-refractivity contribution is 5.91. The molecule has 0 unspecified atom stereocenters. The van der Waals surface area contributed by atoms with E-state index in [0.717, 1.165) is 33.6 Å². The maximum atomic E-state index is 6.26. The van der Waals surface area contributed by atoms with Gasteiger partial charge < -0.3 is 9.47 Å². The summed E-state index contributed by atoms with van der Waals surface area (Å²) in [6.45, 7) is 6.72. The van der Waals surface area contributed by atoms with E-state index in [1.165, 1.54) is 5.56 Å². The summed E-state index contributed by atoms with van der Waals surface area (Å²) in [5, 5.41) is 2.21. The number of rotatable bonds is 4. The Labute approximate surface area is 131 Å². The average Bonchev–Trinajstić information content (AvgIpc) is 2.53. The molecule has 0 aliphatic rings. The third kappa shape index (κ3) is 2.77. The fourth-order valence-electron chi connectivity index (χ4n) is 2.52. The molecular formula is C20H20O2. The van der Waals surface area contributed by atoms with Gasteiger partial charge in [0, 0.05) is 5.39 Å². The topological polar surface area (TPSA) is 18.5 Å². The van der Waals surface area contributed by atoms with E-state index < -0.39 is 0 Å². The van der Waals surface area contributed by atoms with Crippen LogP contribution in [0.5, 0.6) is 17.2 Å². The molecule has 0 radical (unpaired) electrons. The van der Waals surface area contributed by atoms with Crippen LogP contribution in [0.4, 0.5) is 0 Å². The molecule has 3 aromatic carbocycles. The van der Waals surface area contributed by atoms with E-state index in [1.807, 2.05) is 25.1 Å². The van der Waals surface area contributed by atoms with Gasteiger partial charge in [0.05, 0.1) is 6.61 Å². The molecule has 0 spiro atoms. The summed E-state index contributed by atoms with van der Waals surface area (Å²) < 4.78 is 12.0. The van der Waals surface area contributed by atoms with E-state index in [0.29, 0.717) is 6.61 Å². The van der Waals surface area contributed by atoms with E-state index in [4.69, 9.17) is 9.47 Å². The smallest absolute Gasteiger partial charge is 0.177 e. The Morgan fingerprint density at radius 1 is 0.864 bits per heavy atom. The largest absolute Gasteiger partial charge is 0.490 e. The van der Waals surface area contributed by atoms with Crippen LogP contribution in [-0.4, -0.2) is 6.61 Å². The van der Waals surface area contributed by atoms with Crippen LogP contribution in [-0.2, 0) is 0 Å². The van der Waals surface area contributed by atoms with Crippen molar-refractivity contribution in [2.24, 2.45) is 0 Å². The number of fused-ring (bicyclic) bond motifs is 1. The first-order valence-electron chi connectivity index (χ1n) is 7.58. The van der Waals surface area contributed by atoms with Gasteiger partial charge in [0.1, 0.15) is 5.75 Å². The summed E-state index contributed by atoms with van der Waals surface area (Å²) in [6.07, 6.45) is 0. The third-order valence-electron chi connectivity index (χ3n) is 3.70. The Bertz CT molecular complexity index is 806. The normalized spacial score (nSPS) is 10.7. The zero-order chi connectivity index (χ0) is 15.5. The van der Waals surface area contributed by atoms with Crippen LogP contribution in [0.2, 0.25) is 0 Å². The second-order valence-corrected chi connectivity index (χ2v) is 5.42. The molecule has 0 heterocycles. The number of aryl methyl sites for hydroxylation is 2. The first-order chi connectivity index (χ1) is 10.7. The molecule has 0 saturated heterocycles. The SMILES string of the molecule is CCOc1ccc2ccccc2c1Oc1cc(C)ccc1C. The van der Waals surface area contributed by atoms with Crippen molar-refractivity contribution in [3.05, 3.63) is 65.7 Å². The van der Waals surface area contributed by atoms with E-state index in [9.17, 15) is 0 Å². The predicted molar refractivity (Wildman–Crippen MR) is 91.1 cm³/mol. The molecule has 0 aliphatic carbocycles. The predicted octanol–water partition coefficient (Wildman–Crippen LogP) is 5.65. The average molecular weight is 292 g/mol. The summed E-state index contributed by atoms with van der Waals surface area (Å²) in [4.78, 5) is 0. The highest BCUT2D eigenvalue weighted by atomic mass is 16.5. The molecule has 112 valence electrons. The lowest BCUT2D eigenvalue weighted by Gasteiger charge is -2.16. The van der Waals surface area contributed by atoms with Crippen molar-refractivity contribution in [3.63, 3.8) is 0 Å². The minimum atomic E-state index is 0.613. The van der Waals surface area contributed by atoms with Gasteiger partial charge in [-0.1, -0.05) is 42.5 Å². The number of ether oxygens (including phenoxy) is 2. The summed E-state index contributed by atoms with van der Waals surface area (Å²) in [5.74, 6) is 2.44. The van der Waals surface area contributed by atoms with Crippen molar-refractivity contribution in [1.29, 1.82) is 0 Å².